The highest BCUT2D eigenvalue weighted by Crippen LogP contribution is 2.22. The Morgan fingerprint density at radius 1 is 1.25 bits per heavy atom. The average Bonchev–Trinajstić information content (AvgIpc) is 2.46. The molecule has 2 rings (SSSR count). The van der Waals surface area contributed by atoms with Crippen LogP contribution in [0, 0.1) is 0 Å². The largest absolute Gasteiger partial charge is 0.398 e. The fourth-order valence-electron chi connectivity index (χ4n) is 1.71. The molecule has 106 valence electrons. The third-order valence-corrected chi connectivity index (χ3v) is 4.26. The summed E-state index contributed by atoms with van der Waals surface area (Å²) in [5, 5.41) is 3.14. The van der Waals surface area contributed by atoms with Crippen molar-refractivity contribution in [2.24, 2.45) is 0 Å². The van der Waals surface area contributed by atoms with Crippen molar-refractivity contribution < 1.29 is 8.42 Å². The minimum atomic E-state index is -3.53. The van der Waals surface area contributed by atoms with Gasteiger partial charge in [-0.15, -0.1) is 0 Å². The molecular formula is C13H16N4O2S. The number of benzene rings is 1. The summed E-state index contributed by atoms with van der Waals surface area (Å²) in [5.41, 5.74) is 7.60. The predicted octanol–water partition coefficient (Wildman–Crippen LogP) is 1.18. The number of nitrogens with zero attached hydrogens (tertiary/aromatic N) is 1. The molecule has 1 heterocycles. The summed E-state index contributed by atoms with van der Waals surface area (Å²) in [5.74, 6) is 0. The van der Waals surface area contributed by atoms with Gasteiger partial charge in [-0.3, -0.25) is 4.98 Å². The number of pyridine rings is 1. The van der Waals surface area contributed by atoms with E-state index in [0.717, 1.165) is 11.4 Å². The first-order valence-corrected chi connectivity index (χ1v) is 7.48. The van der Waals surface area contributed by atoms with Crippen LogP contribution in [-0.4, -0.2) is 20.4 Å². The van der Waals surface area contributed by atoms with Crippen LogP contribution in [0.2, 0.25) is 0 Å². The Kier molecular flexibility index (Phi) is 4.21. The monoisotopic (exact) mass is 292 g/mol. The standard InChI is InChI=1S/C13H16N4O2S/c1-15-20(18,19)13-6-5-10(8-12(13)14)17-9-11-4-2-3-7-16-11/h2-8,15,17H,9,14H2,1H3. The highest BCUT2D eigenvalue weighted by atomic mass is 32.2. The zero-order chi connectivity index (χ0) is 14.6. The minimum absolute atomic E-state index is 0.0726. The summed E-state index contributed by atoms with van der Waals surface area (Å²) in [6.45, 7) is 0.540. The third kappa shape index (κ3) is 3.25. The molecule has 1 aromatic carbocycles. The van der Waals surface area contributed by atoms with Crippen molar-refractivity contribution in [1.29, 1.82) is 0 Å². The highest BCUT2D eigenvalue weighted by molar-refractivity contribution is 7.89. The maximum Gasteiger partial charge on any atom is 0.242 e. The normalized spacial score (nSPS) is 11.2. The van der Waals surface area contributed by atoms with E-state index in [2.05, 4.69) is 15.0 Å². The van der Waals surface area contributed by atoms with Crippen molar-refractivity contribution in [2.75, 3.05) is 18.1 Å². The molecule has 1 aromatic heterocycles. The first-order valence-electron chi connectivity index (χ1n) is 6.00. The minimum Gasteiger partial charge on any atom is -0.398 e. The molecule has 0 amide bonds. The first kappa shape index (κ1) is 14.3. The lowest BCUT2D eigenvalue weighted by Crippen LogP contribution is -2.20. The molecule has 0 spiro atoms. The van der Waals surface area contributed by atoms with Crippen LogP contribution in [0.5, 0.6) is 0 Å². The summed E-state index contributed by atoms with van der Waals surface area (Å²) in [4.78, 5) is 4.26. The van der Waals surface area contributed by atoms with Gasteiger partial charge in [0.2, 0.25) is 10.0 Å². The number of sulfonamides is 1. The van der Waals surface area contributed by atoms with Gasteiger partial charge in [0.05, 0.1) is 17.9 Å². The predicted molar refractivity (Wildman–Crippen MR) is 78.7 cm³/mol. The van der Waals surface area contributed by atoms with Crippen molar-refractivity contribution in [3.8, 4) is 0 Å². The molecular weight excluding hydrogens is 276 g/mol. The van der Waals surface area contributed by atoms with Gasteiger partial charge in [-0.25, -0.2) is 13.1 Å². The van der Waals surface area contributed by atoms with Gasteiger partial charge in [0.25, 0.3) is 0 Å². The zero-order valence-corrected chi connectivity index (χ0v) is 11.8. The van der Waals surface area contributed by atoms with Gasteiger partial charge in [-0.1, -0.05) is 6.07 Å². The topological polar surface area (TPSA) is 97.1 Å². The number of nitrogens with two attached hydrogens (primary N) is 1. The van der Waals surface area contributed by atoms with E-state index in [4.69, 9.17) is 5.73 Å². The number of hydrogen-bond donors (Lipinski definition) is 3. The Balaban J connectivity index is 2.14. The van der Waals surface area contributed by atoms with Gasteiger partial charge in [0.1, 0.15) is 4.90 Å². The fraction of sp³-hybridized carbons (Fsp3) is 0.154. The van der Waals surface area contributed by atoms with Gasteiger partial charge in [-0.2, -0.15) is 0 Å². The lowest BCUT2D eigenvalue weighted by molar-refractivity contribution is 0.588. The molecule has 0 aliphatic heterocycles. The molecule has 0 aliphatic rings. The third-order valence-electron chi connectivity index (χ3n) is 2.77. The molecule has 0 radical (unpaired) electrons. The molecule has 2 aromatic rings. The first-order chi connectivity index (χ1) is 9.53. The van der Waals surface area contributed by atoms with Crippen LogP contribution >= 0.6 is 0 Å². The smallest absolute Gasteiger partial charge is 0.242 e. The number of anilines is 2. The molecule has 0 aliphatic carbocycles. The summed E-state index contributed by atoms with van der Waals surface area (Å²) in [6, 6.07) is 10.4. The van der Waals surface area contributed by atoms with Crippen molar-refractivity contribution in [2.45, 2.75) is 11.4 Å². The van der Waals surface area contributed by atoms with E-state index in [1.807, 2.05) is 18.2 Å². The van der Waals surface area contributed by atoms with Gasteiger partial charge in [-0.05, 0) is 37.4 Å². The van der Waals surface area contributed by atoms with E-state index in [-0.39, 0.29) is 10.6 Å². The lowest BCUT2D eigenvalue weighted by Gasteiger charge is -2.10. The van der Waals surface area contributed by atoms with Gasteiger partial charge in [0.15, 0.2) is 0 Å². The molecule has 4 N–H and O–H groups in total. The second-order valence-corrected chi connectivity index (χ2v) is 5.99. The molecule has 0 saturated carbocycles. The maximum absolute atomic E-state index is 11.7. The van der Waals surface area contributed by atoms with Crippen LogP contribution < -0.4 is 15.8 Å². The van der Waals surface area contributed by atoms with Crippen molar-refractivity contribution >= 4 is 21.4 Å². The molecule has 20 heavy (non-hydrogen) atoms. The Hall–Kier alpha value is -2.12. The molecule has 0 unspecified atom stereocenters. The molecule has 7 heteroatoms. The van der Waals surface area contributed by atoms with Gasteiger partial charge >= 0.3 is 0 Å². The van der Waals surface area contributed by atoms with Gasteiger partial charge in [0, 0.05) is 11.9 Å². The second kappa shape index (κ2) is 5.89. The maximum atomic E-state index is 11.7. The van der Waals surface area contributed by atoms with Crippen molar-refractivity contribution in [3.05, 3.63) is 48.3 Å². The molecule has 0 saturated heterocycles. The van der Waals surface area contributed by atoms with E-state index in [0.29, 0.717) is 6.54 Å². The van der Waals surface area contributed by atoms with Crippen molar-refractivity contribution in [3.63, 3.8) is 0 Å². The molecule has 0 atom stereocenters. The average molecular weight is 292 g/mol. The summed E-state index contributed by atoms with van der Waals surface area (Å²) < 4.78 is 25.6. The number of rotatable bonds is 5. The van der Waals surface area contributed by atoms with E-state index < -0.39 is 10.0 Å². The summed E-state index contributed by atoms with van der Waals surface area (Å²) in [7, 11) is -2.18. The van der Waals surface area contributed by atoms with Crippen LogP contribution in [0.1, 0.15) is 5.69 Å². The Morgan fingerprint density at radius 2 is 2.05 bits per heavy atom. The summed E-state index contributed by atoms with van der Waals surface area (Å²) >= 11 is 0. The fourth-order valence-corrected chi connectivity index (χ4v) is 2.54. The number of nitrogen functional groups attached to an aromatic ring is 1. The van der Waals surface area contributed by atoms with Crippen LogP contribution in [-0.2, 0) is 16.6 Å². The van der Waals surface area contributed by atoms with Crippen LogP contribution in [0.25, 0.3) is 0 Å². The van der Waals surface area contributed by atoms with Crippen LogP contribution in [0.3, 0.4) is 0 Å². The Labute approximate surface area is 118 Å². The SMILES string of the molecule is CNS(=O)(=O)c1ccc(NCc2ccccn2)cc1N. The number of aromatic nitrogens is 1. The number of nitrogens with one attached hydrogen (secondary N) is 2. The van der Waals surface area contributed by atoms with Gasteiger partial charge < -0.3 is 11.1 Å². The quantitative estimate of drug-likeness (QED) is 0.719. The number of hydrogen-bond acceptors (Lipinski definition) is 5. The van der Waals surface area contributed by atoms with Crippen LogP contribution in [0.15, 0.2) is 47.5 Å². The second-order valence-electron chi connectivity index (χ2n) is 4.13. The van der Waals surface area contributed by atoms with E-state index >= 15 is 0 Å². The van der Waals surface area contributed by atoms with E-state index in [1.54, 1.807) is 18.3 Å². The summed E-state index contributed by atoms with van der Waals surface area (Å²) in [6.07, 6.45) is 1.72. The van der Waals surface area contributed by atoms with E-state index in [1.165, 1.54) is 13.1 Å². The highest BCUT2D eigenvalue weighted by Gasteiger charge is 2.15. The molecule has 6 nitrogen and oxygen atoms in total. The van der Waals surface area contributed by atoms with Crippen molar-refractivity contribution in [1.82, 2.24) is 9.71 Å². The van der Waals surface area contributed by atoms with E-state index in [9.17, 15) is 8.42 Å². The lowest BCUT2D eigenvalue weighted by atomic mass is 10.2. The molecule has 0 fully saturated rings. The Bertz CT molecular complexity index is 687. The Morgan fingerprint density at radius 3 is 2.65 bits per heavy atom. The van der Waals surface area contributed by atoms with Crippen LogP contribution in [0.4, 0.5) is 11.4 Å². The molecule has 0 bridgehead atoms. The zero-order valence-electron chi connectivity index (χ0n) is 11.0.